The Morgan fingerprint density at radius 1 is 1.14 bits per heavy atom. The molecule has 0 saturated heterocycles. The minimum Gasteiger partial charge on any atom is -0.457 e. The molecule has 2 aromatic carbocycles. The molecule has 21 heavy (non-hydrogen) atoms. The lowest BCUT2D eigenvalue weighted by molar-refractivity contribution is 0.199. The van der Waals surface area contributed by atoms with E-state index in [0.29, 0.717) is 12.4 Å². The summed E-state index contributed by atoms with van der Waals surface area (Å²) in [6, 6.07) is 12.1. The Morgan fingerprint density at radius 2 is 2.00 bits per heavy atom. The van der Waals surface area contributed by atoms with Gasteiger partial charge < -0.3 is 14.8 Å². The van der Waals surface area contributed by atoms with Crippen molar-refractivity contribution in [3.05, 3.63) is 59.4 Å². The zero-order chi connectivity index (χ0) is 15.1. The van der Waals surface area contributed by atoms with Gasteiger partial charge in [-0.2, -0.15) is 0 Å². The van der Waals surface area contributed by atoms with E-state index in [2.05, 4.69) is 11.4 Å². The van der Waals surface area contributed by atoms with E-state index >= 15 is 0 Å². The van der Waals surface area contributed by atoms with Crippen LogP contribution in [0.2, 0.25) is 0 Å². The molecule has 0 unspecified atom stereocenters. The maximum Gasteiger partial charge on any atom is 0.130 e. The van der Waals surface area contributed by atoms with Crippen molar-refractivity contribution in [2.45, 2.75) is 13.5 Å². The predicted octanol–water partition coefficient (Wildman–Crippen LogP) is 3.66. The van der Waals surface area contributed by atoms with Crippen molar-refractivity contribution in [3.63, 3.8) is 0 Å². The molecule has 0 aliphatic carbocycles. The maximum atomic E-state index is 13.1. The van der Waals surface area contributed by atoms with Crippen molar-refractivity contribution < 1.29 is 13.9 Å². The Hall–Kier alpha value is -1.91. The minimum absolute atomic E-state index is 0.302. The first-order valence-electron chi connectivity index (χ1n) is 6.91. The maximum absolute atomic E-state index is 13.1. The second-order valence-corrected chi connectivity index (χ2v) is 4.83. The molecule has 4 heteroatoms. The van der Waals surface area contributed by atoms with Crippen LogP contribution >= 0.6 is 0 Å². The molecular weight excluding hydrogens is 269 g/mol. The molecule has 0 amide bonds. The minimum atomic E-state index is -0.302. The predicted molar refractivity (Wildman–Crippen MR) is 81.2 cm³/mol. The number of rotatable bonds is 7. The van der Waals surface area contributed by atoms with E-state index in [1.165, 1.54) is 17.7 Å². The summed E-state index contributed by atoms with van der Waals surface area (Å²) in [7, 11) is 1.68. The quantitative estimate of drug-likeness (QED) is 0.789. The molecule has 0 fully saturated rings. The number of benzene rings is 2. The molecule has 0 spiro atoms. The summed E-state index contributed by atoms with van der Waals surface area (Å²) < 4.78 is 23.8. The number of halogens is 1. The Bertz CT molecular complexity index is 587. The van der Waals surface area contributed by atoms with Crippen molar-refractivity contribution in [3.8, 4) is 11.5 Å². The van der Waals surface area contributed by atoms with E-state index in [-0.39, 0.29) is 5.82 Å². The molecule has 0 bridgehead atoms. The van der Waals surface area contributed by atoms with Gasteiger partial charge in [0.1, 0.15) is 17.3 Å². The van der Waals surface area contributed by atoms with Crippen molar-refractivity contribution in [2.75, 3.05) is 20.3 Å². The Balaban J connectivity index is 1.98. The molecule has 0 aliphatic rings. The number of ether oxygens (including phenoxy) is 2. The number of aryl methyl sites for hydroxylation is 1. The normalized spacial score (nSPS) is 10.6. The third kappa shape index (κ3) is 4.85. The lowest BCUT2D eigenvalue weighted by Gasteiger charge is -2.11. The van der Waals surface area contributed by atoms with Gasteiger partial charge in [0, 0.05) is 26.3 Å². The van der Waals surface area contributed by atoms with E-state index in [4.69, 9.17) is 9.47 Å². The fourth-order valence-electron chi connectivity index (χ4n) is 2.00. The van der Waals surface area contributed by atoms with E-state index in [1.54, 1.807) is 19.2 Å². The smallest absolute Gasteiger partial charge is 0.130 e. The van der Waals surface area contributed by atoms with Crippen molar-refractivity contribution in [2.24, 2.45) is 0 Å². The second kappa shape index (κ2) is 7.76. The van der Waals surface area contributed by atoms with Crippen LogP contribution in [-0.2, 0) is 11.3 Å². The molecule has 2 aromatic rings. The van der Waals surface area contributed by atoms with Crippen LogP contribution in [0.15, 0.2) is 42.5 Å². The summed E-state index contributed by atoms with van der Waals surface area (Å²) in [5.74, 6) is 0.939. The van der Waals surface area contributed by atoms with Crippen molar-refractivity contribution >= 4 is 0 Å². The van der Waals surface area contributed by atoms with Gasteiger partial charge in [-0.25, -0.2) is 4.39 Å². The number of nitrogens with one attached hydrogen (secondary N) is 1. The molecule has 1 N–H and O–H groups in total. The van der Waals surface area contributed by atoms with Gasteiger partial charge in [-0.3, -0.25) is 0 Å². The third-order valence-electron chi connectivity index (χ3n) is 3.08. The first-order chi connectivity index (χ1) is 10.2. The van der Waals surface area contributed by atoms with Crippen LogP contribution in [0.4, 0.5) is 4.39 Å². The van der Waals surface area contributed by atoms with Gasteiger partial charge in [0.15, 0.2) is 0 Å². The molecule has 0 aliphatic heterocycles. The molecular formula is C17H20FNO2. The van der Waals surface area contributed by atoms with Crippen molar-refractivity contribution in [1.82, 2.24) is 5.32 Å². The third-order valence-corrected chi connectivity index (χ3v) is 3.08. The summed E-state index contributed by atoms with van der Waals surface area (Å²) in [4.78, 5) is 0. The monoisotopic (exact) mass is 289 g/mol. The van der Waals surface area contributed by atoms with Crippen LogP contribution < -0.4 is 10.1 Å². The van der Waals surface area contributed by atoms with E-state index in [0.717, 1.165) is 24.4 Å². The molecule has 0 radical (unpaired) electrons. The highest BCUT2D eigenvalue weighted by atomic mass is 19.1. The number of hydrogen-bond donors (Lipinski definition) is 1. The average Bonchev–Trinajstić information content (AvgIpc) is 2.46. The van der Waals surface area contributed by atoms with Gasteiger partial charge in [0.2, 0.25) is 0 Å². The highest BCUT2D eigenvalue weighted by Gasteiger charge is 2.04. The summed E-state index contributed by atoms with van der Waals surface area (Å²) in [6.07, 6.45) is 0. The Kier molecular flexibility index (Phi) is 5.72. The highest BCUT2D eigenvalue weighted by molar-refractivity contribution is 5.39. The number of hydrogen-bond acceptors (Lipinski definition) is 3. The molecule has 0 atom stereocenters. The first kappa shape index (κ1) is 15.5. The highest BCUT2D eigenvalue weighted by Crippen LogP contribution is 2.26. The topological polar surface area (TPSA) is 30.5 Å². The molecule has 0 heterocycles. The van der Waals surface area contributed by atoms with Gasteiger partial charge in [-0.15, -0.1) is 0 Å². The fourth-order valence-corrected chi connectivity index (χ4v) is 2.00. The zero-order valence-electron chi connectivity index (χ0n) is 12.4. The first-order valence-corrected chi connectivity index (χ1v) is 6.91. The Morgan fingerprint density at radius 3 is 2.71 bits per heavy atom. The lowest BCUT2D eigenvalue weighted by Crippen LogP contribution is -2.18. The standard InChI is InChI=1S/C17H20FNO2/c1-13-10-14(12-19-8-9-20-2)6-7-17(13)21-16-5-3-4-15(18)11-16/h3-7,10-11,19H,8-9,12H2,1-2H3. The average molecular weight is 289 g/mol. The van der Waals surface area contributed by atoms with E-state index in [9.17, 15) is 4.39 Å². The molecule has 3 nitrogen and oxygen atoms in total. The second-order valence-electron chi connectivity index (χ2n) is 4.83. The Labute approximate surface area is 124 Å². The van der Waals surface area contributed by atoms with Crippen LogP contribution in [0.5, 0.6) is 11.5 Å². The van der Waals surface area contributed by atoms with Crippen LogP contribution in [0.25, 0.3) is 0 Å². The van der Waals surface area contributed by atoms with Crippen molar-refractivity contribution in [1.29, 1.82) is 0 Å². The van der Waals surface area contributed by atoms with Crippen LogP contribution in [0, 0.1) is 12.7 Å². The van der Waals surface area contributed by atoms with Gasteiger partial charge >= 0.3 is 0 Å². The SMILES string of the molecule is COCCNCc1ccc(Oc2cccc(F)c2)c(C)c1. The lowest BCUT2D eigenvalue weighted by atomic mass is 10.1. The van der Waals surface area contributed by atoms with Crippen LogP contribution in [-0.4, -0.2) is 20.3 Å². The van der Waals surface area contributed by atoms with Crippen LogP contribution in [0.1, 0.15) is 11.1 Å². The molecule has 2 rings (SSSR count). The van der Waals surface area contributed by atoms with E-state index < -0.39 is 0 Å². The molecule has 112 valence electrons. The van der Waals surface area contributed by atoms with Gasteiger partial charge in [-0.05, 0) is 36.2 Å². The molecule has 0 aromatic heterocycles. The largest absolute Gasteiger partial charge is 0.457 e. The fraction of sp³-hybridized carbons (Fsp3) is 0.294. The van der Waals surface area contributed by atoms with E-state index in [1.807, 2.05) is 19.1 Å². The number of methoxy groups -OCH3 is 1. The molecule has 0 saturated carbocycles. The summed E-state index contributed by atoms with van der Waals surface area (Å²) in [5, 5.41) is 3.29. The summed E-state index contributed by atoms with van der Waals surface area (Å²) in [6.45, 7) is 4.27. The zero-order valence-corrected chi connectivity index (χ0v) is 12.4. The summed E-state index contributed by atoms with van der Waals surface area (Å²) >= 11 is 0. The van der Waals surface area contributed by atoms with Gasteiger partial charge in [-0.1, -0.05) is 18.2 Å². The van der Waals surface area contributed by atoms with Gasteiger partial charge in [0.05, 0.1) is 6.61 Å². The van der Waals surface area contributed by atoms with Gasteiger partial charge in [0.25, 0.3) is 0 Å². The van der Waals surface area contributed by atoms with Crippen LogP contribution in [0.3, 0.4) is 0 Å². The summed E-state index contributed by atoms with van der Waals surface area (Å²) in [5.41, 5.74) is 2.19.